The lowest BCUT2D eigenvalue weighted by molar-refractivity contribution is -0.122. The summed E-state index contributed by atoms with van der Waals surface area (Å²) in [6.07, 6.45) is 0.584. The molecule has 1 aliphatic rings. The van der Waals surface area contributed by atoms with E-state index in [0.29, 0.717) is 12.0 Å². The fraction of sp³-hybridized carbons (Fsp3) is 0.412. The second-order valence-electron chi connectivity index (χ2n) is 6.61. The van der Waals surface area contributed by atoms with E-state index in [4.69, 9.17) is 0 Å². The van der Waals surface area contributed by atoms with Crippen LogP contribution in [0.5, 0.6) is 0 Å². The molecule has 1 aliphatic heterocycles. The molecule has 0 saturated carbocycles. The number of hydrogen-bond donors (Lipinski definition) is 3. The van der Waals surface area contributed by atoms with Gasteiger partial charge in [-0.1, -0.05) is 0 Å². The predicted octanol–water partition coefficient (Wildman–Crippen LogP) is 1.37. The van der Waals surface area contributed by atoms with Crippen molar-refractivity contribution in [3.63, 3.8) is 0 Å². The monoisotopic (exact) mass is 363 g/mol. The van der Waals surface area contributed by atoms with Crippen molar-refractivity contribution in [1.82, 2.24) is 15.8 Å². The highest BCUT2D eigenvalue weighted by atomic mass is 32.2. The van der Waals surface area contributed by atoms with Gasteiger partial charge in [0.15, 0.2) is 9.84 Å². The van der Waals surface area contributed by atoms with E-state index in [2.05, 4.69) is 15.8 Å². The molecule has 2 amide bonds. The Balaban J connectivity index is 1.59. The molecule has 3 rings (SSSR count). The van der Waals surface area contributed by atoms with Crippen molar-refractivity contribution in [3.05, 3.63) is 35.0 Å². The Morgan fingerprint density at radius 3 is 2.68 bits per heavy atom. The molecule has 0 bridgehead atoms. The number of hydrazine groups is 1. The quantitative estimate of drug-likeness (QED) is 0.716. The summed E-state index contributed by atoms with van der Waals surface area (Å²) in [6, 6.07) is 5.29. The van der Waals surface area contributed by atoms with Gasteiger partial charge in [-0.05, 0) is 49.9 Å². The SMILES string of the molecule is Cc1[nH]c2ccc(C(=O)NNC(=O)CC3CCS(=O)(=O)C3)cc2c1C. The summed E-state index contributed by atoms with van der Waals surface area (Å²) in [7, 11) is -3.01. The molecule has 1 aromatic carbocycles. The number of amides is 2. The number of fused-ring (bicyclic) bond motifs is 1. The first-order valence-electron chi connectivity index (χ1n) is 8.14. The molecule has 8 heteroatoms. The molecule has 1 unspecified atom stereocenters. The zero-order valence-electron chi connectivity index (χ0n) is 14.2. The van der Waals surface area contributed by atoms with Crippen LogP contribution in [-0.2, 0) is 14.6 Å². The third-order valence-corrected chi connectivity index (χ3v) is 6.52. The van der Waals surface area contributed by atoms with Gasteiger partial charge in [-0.3, -0.25) is 20.4 Å². The molecule has 7 nitrogen and oxygen atoms in total. The molecule has 1 fully saturated rings. The Kier molecular flexibility index (Phi) is 4.55. The molecule has 2 heterocycles. The van der Waals surface area contributed by atoms with Gasteiger partial charge >= 0.3 is 0 Å². The highest BCUT2D eigenvalue weighted by Crippen LogP contribution is 2.23. The van der Waals surface area contributed by atoms with Crippen LogP contribution >= 0.6 is 0 Å². The number of sulfone groups is 1. The molecule has 3 N–H and O–H groups in total. The van der Waals surface area contributed by atoms with Gasteiger partial charge in [-0.15, -0.1) is 0 Å². The topological polar surface area (TPSA) is 108 Å². The van der Waals surface area contributed by atoms with E-state index >= 15 is 0 Å². The summed E-state index contributed by atoms with van der Waals surface area (Å²) >= 11 is 0. The second kappa shape index (κ2) is 6.51. The van der Waals surface area contributed by atoms with E-state index in [1.807, 2.05) is 19.9 Å². The lowest BCUT2D eigenvalue weighted by atomic mass is 10.1. The number of carbonyl (C=O) groups excluding carboxylic acids is 2. The highest BCUT2D eigenvalue weighted by Gasteiger charge is 2.29. The first-order valence-corrected chi connectivity index (χ1v) is 9.96. The smallest absolute Gasteiger partial charge is 0.269 e. The van der Waals surface area contributed by atoms with Gasteiger partial charge in [0.1, 0.15) is 0 Å². The number of H-pyrrole nitrogens is 1. The minimum atomic E-state index is -3.01. The van der Waals surface area contributed by atoms with Gasteiger partial charge in [0.25, 0.3) is 5.91 Å². The summed E-state index contributed by atoms with van der Waals surface area (Å²) in [5.41, 5.74) is 8.28. The molecule has 0 aliphatic carbocycles. The van der Waals surface area contributed by atoms with E-state index in [-0.39, 0.29) is 29.8 Å². The molecule has 1 aromatic heterocycles. The molecule has 1 saturated heterocycles. The van der Waals surface area contributed by atoms with Gasteiger partial charge in [0.2, 0.25) is 5.91 Å². The van der Waals surface area contributed by atoms with Crippen molar-refractivity contribution in [2.24, 2.45) is 5.92 Å². The number of carbonyl (C=O) groups is 2. The van der Waals surface area contributed by atoms with Crippen LogP contribution in [-0.4, -0.2) is 36.7 Å². The van der Waals surface area contributed by atoms with E-state index in [9.17, 15) is 18.0 Å². The van der Waals surface area contributed by atoms with Crippen molar-refractivity contribution in [2.75, 3.05) is 11.5 Å². The van der Waals surface area contributed by atoms with Crippen LogP contribution < -0.4 is 10.9 Å². The Hall–Kier alpha value is -2.35. The Labute approximate surface area is 146 Å². The number of benzene rings is 1. The number of aryl methyl sites for hydroxylation is 2. The van der Waals surface area contributed by atoms with E-state index < -0.39 is 15.7 Å². The molecule has 2 aromatic rings. The van der Waals surface area contributed by atoms with Gasteiger partial charge in [-0.25, -0.2) is 8.42 Å². The van der Waals surface area contributed by atoms with Gasteiger partial charge < -0.3 is 4.98 Å². The largest absolute Gasteiger partial charge is 0.358 e. The van der Waals surface area contributed by atoms with Crippen LogP contribution in [0.3, 0.4) is 0 Å². The van der Waals surface area contributed by atoms with Crippen LogP contribution in [0.4, 0.5) is 0 Å². The minimum Gasteiger partial charge on any atom is -0.358 e. The second-order valence-corrected chi connectivity index (χ2v) is 8.84. The van der Waals surface area contributed by atoms with Crippen LogP contribution in [0, 0.1) is 19.8 Å². The fourth-order valence-electron chi connectivity index (χ4n) is 3.15. The van der Waals surface area contributed by atoms with Crippen molar-refractivity contribution < 1.29 is 18.0 Å². The molecule has 0 spiro atoms. The third-order valence-electron chi connectivity index (χ3n) is 4.69. The summed E-state index contributed by atoms with van der Waals surface area (Å²) in [6.45, 7) is 3.95. The molecule has 25 heavy (non-hydrogen) atoms. The number of aromatic nitrogens is 1. The predicted molar refractivity (Wildman–Crippen MR) is 94.8 cm³/mol. The maximum Gasteiger partial charge on any atom is 0.269 e. The maximum absolute atomic E-state index is 12.2. The first-order chi connectivity index (χ1) is 11.7. The number of hydrogen-bond acceptors (Lipinski definition) is 4. The molecule has 1 atom stereocenters. The van der Waals surface area contributed by atoms with Crippen molar-refractivity contribution in [3.8, 4) is 0 Å². The van der Waals surface area contributed by atoms with Crippen LogP contribution in [0.25, 0.3) is 10.9 Å². The van der Waals surface area contributed by atoms with Gasteiger partial charge in [0, 0.05) is 28.6 Å². The summed E-state index contributed by atoms with van der Waals surface area (Å²) < 4.78 is 22.8. The molecular weight excluding hydrogens is 342 g/mol. The number of aromatic amines is 1. The standard InChI is InChI=1S/C17H21N3O4S/c1-10-11(2)18-15-4-3-13(8-14(10)15)17(22)20-19-16(21)7-12-5-6-25(23,24)9-12/h3-4,8,12,18H,5-7,9H2,1-2H3,(H,19,21)(H,20,22). The van der Waals surface area contributed by atoms with Crippen molar-refractivity contribution in [1.29, 1.82) is 0 Å². The Bertz CT molecular complexity index is 946. The third kappa shape index (κ3) is 3.84. The lowest BCUT2D eigenvalue weighted by Gasteiger charge is -2.10. The number of nitrogens with one attached hydrogen (secondary N) is 3. The average Bonchev–Trinajstić information content (AvgIpc) is 3.04. The Morgan fingerprint density at radius 1 is 1.24 bits per heavy atom. The summed E-state index contributed by atoms with van der Waals surface area (Å²) in [4.78, 5) is 27.3. The zero-order valence-corrected chi connectivity index (χ0v) is 15.0. The van der Waals surface area contributed by atoms with Crippen molar-refractivity contribution in [2.45, 2.75) is 26.7 Å². The van der Waals surface area contributed by atoms with E-state index in [1.54, 1.807) is 12.1 Å². The van der Waals surface area contributed by atoms with Crippen molar-refractivity contribution >= 4 is 32.6 Å². The summed E-state index contributed by atoms with van der Waals surface area (Å²) in [5.74, 6) is -0.800. The lowest BCUT2D eigenvalue weighted by Crippen LogP contribution is -2.42. The van der Waals surface area contributed by atoms with E-state index in [0.717, 1.165) is 22.2 Å². The van der Waals surface area contributed by atoms with Gasteiger partial charge in [0.05, 0.1) is 11.5 Å². The molecule has 0 radical (unpaired) electrons. The summed E-state index contributed by atoms with van der Waals surface area (Å²) in [5, 5.41) is 0.965. The molecular formula is C17H21N3O4S. The zero-order chi connectivity index (χ0) is 18.2. The normalized spacial score (nSPS) is 19.0. The van der Waals surface area contributed by atoms with E-state index in [1.165, 1.54) is 0 Å². The van der Waals surface area contributed by atoms with Crippen LogP contribution in [0.1, 0.15) is 34.5 Å². The van der Waals surface area contributed by atoms with Gasteiger partial charge in [-0.2, -0.15) is 0 Å². The first kappa shape index (κ1) is 17.5. The van der Waals surface area contributed by atoms with Crippen LogP contribution in [0.2, 0.25) is 0 Å². The minimum absolute atomic E-state index is 0.0388. The number of rotatable bonds is 3. The molecule has 134 valence electrons. The maximum atomic E-state index is 12.2. The fourth-order valence-corrected chi connectivity index (χ4v) is 5.01. The average molecular weight is 363 g/mol. The van der Waals surface area contributed by atoms with Crippen LogP contribution in [0.15, 0.2) is 18.2 Å². The highest BCUT2D eigenvalue weighted by molar-refractivity contribution is 7.91. The Morgan fingerprint density at radius 2 is 2.00 bits per heavy atom.